The zero-order chi connectivity index (χ0) is 79.0. The first-order valence-corrected chi connectivity index (χ1v) is 41.6. The van der Waals surface area contributed by atoms with Gasteiger partial charge >= 0.3 is 0 Å². The standard InChI is InChI=1S/C47H60.C46H48N2.C15H14O/c1-9-13-15-17-27-45(7,11-3)35-21-25-39-40-26-22-36(46(8,12-4)28-18-16-14-10-2)32-44(40)47(43(39)31-35)41-29-33(5)19-23-37(41)38-24-20-34(6)30-42(38)47;1-33-9-21-39(22-10-33)47(43-29-17-37(18-30-43)45(3,4)5)41-25-13-35(14-26-41)36-15-27-42(28-16-36)48(40-23-11-34(2)12-24-40)44-31-19-38(20-32-44)46(6,7)8;1-11-3-7-13(8-4-11)15(16)14-9-5-12(2)6-10-14/h19-26,29-32H,9-18,27-28H2,1-8H3;9-32H,1-8H3;3-10H,1-2H3. The largest absolute Gasteiger partial charge is 0.311 e. The third kappa shape index (κ3) is 17.5. The molecule has 0 amide bonds. The van der Waals surface area contributed by atoms with E-state index < -0.39 is 0 Å². The van der Waals surface area contributed by atoms with Crippen LogP contribution in [0.1, 0.15) is 254 Å². The predicted octanol–water partition coefficient (Wildman–Crippen LogP) is 31.0. The van der Waals surface area contributed by atoms with E-state index in [1.807, 2.05) is 62.4 Å². The van der Waals surface area contributed by atoms with Crippen LogP contribution in [0.25, 0.3) is 33.4 Å². The van der Waals surface area contributed by atoms with Gasteiger partial charge in [-0.1, -0.05) is 362 Å². The highest BCUT2D eigenvalue weighted by Crippen LogP contribution is 2.64. The Morgan fingerprint density at radius 3 is 0.820 bits per heavy atom. The number of hydrogen-bond acceptors (Lipinski definition) is 3. The lowest BCUT2D eigenvalue weighted by Crippen LogP contribution is -2.29. The fraction of sp³-hybridized carbons (Fsp3) is 0.324. The van der Waals surface area contributed by atoms with Gasteiger partial charge in [-0.15, -0.1) is 0 Å². The summed E-state index contributed by atoms with van der Waals surface area (Å²) in [6, 6.07) is 98.6. The summed E-state index contributed by atoms with van der Waals surface area (Å²) in [6.45, 7) is 40.9. The summed E-state index contributed by atoms with van der Waals surface area (Å²) < 4.78 is 0. The van der Waals surface area contributed by atoms with Gasteiger partial charge in [-0.25, -0.2) is 0 Å². The summed E-state index contributed by atoms with van der Waals surface area (Å²) in [5.41, 5.74) is 35.9. The van der Waals surface area contributed by atoms with Gasteiger partial charge in [0, 0.05) is 45.3 Å². The molecule has 0 saturated carbocycles. The van der Waals surface area contributed by atoms with Crippen molar-refractivity contribution in [2.45, 2.75) is 229 Å². The van der Waals surface area contributed by atoms with Crippen molar-refractivity contribution in [2.24, 2.45) is 0 Å². The Bertz CT molecular complexity index is 4800. The molecule has 0 N–H and O–H groups in total. The molecule has 0 saturated heterocycles. The first-order chi connectivity index (χ1) is 53.2. The molecule has 2 unspecified atom stereocenters. The monoisotopic (exact) mass is 1460 g/mol. The van der Waals surface area contributed by atoms with Gasteiger partial charge in [0.25, 0.3) is 0 Å². The molecular weight excluding hydrogens is 1340 g/mol. The van der Waals surface area contributed by atoms with E-state index >= 15 is 0 Å². The minimum absolute atomic E-state index is 0.0833. The molecule has 0 aliphatic heterocycles. The van der Waals surface area contributed by atoms with Crippen molar-refractivity contribution < 1.29 is 4.79 Å². The van der Waals surface area contributed by atoms with Gasteiger partial charge in [-0.05, 0) is 240 Å². The molecule has 3 nitrogen and oxygen atoms in total. The molecule has 111 heavy (non-hydrogen) atoms. The molecule has 0 fully saturated rings. The second-order valence-electron chi connectivity index (χ2n) is 34.9. The quantitative estimate of drug-likeness (QED) is 0.0471. The summed E-state index contributed by atoms with van der Waals surface area (Å²) in [5.74, 6) is 0.0833. The van der Waals surface area contributed by atoms with Gasteiger partial charge < -0.3 is 9.80 Å². The molecule has 2 aliphatic rings. The first kappa shape index (κ1) is 80.4. The van der Waals surface area contributed by atoms with Crippen LogP contribution < -0.4 is 9.80 Å². The van der Waals surface area contributed by atoms with Crippen molar-refractivity contribution in [2.75, 3.05) is 9.80 Å². The fourth-order valence-corrected chi connectivity index (χ4v) is 16.8. The summed E-state index contributed by atoms with van der Waals surface area (Å²) in [4.78, 5) is 16.7. The number of fused-ring (bicyclic) bond motifs is 10. The van der Waals surface area contributed by atoms with Gasteiger partial charge in [-0.2, -0.15) is 0 Å². The maximum absolute atomic E-state index is 12.1. The molecule has 3 heteroatoms. The van der Waals surface area contributed by atoms with Crippen LogP contribution in [0.4, 0.5) is 34.1 Å². The molecule has 12 aromatic rings. The van der Waals surface area contributed by atoms with Crippen molar-refractivity contribution >= 4 is 39.9 Å². The first-order valence-electron chi connectivity index (χ1n) is 41.6. The number of ketones is 1. The molecule has 0 aromatic heterocycles. The third-order valence-corrected chi connectivity index (χ3v) is 24.5. The van der Waals surface area contributed by atoms with Crippen LogP contribution in [0.5, 0.6) is 0 Å². The van der Waals surface area contributed by atoms with Gasteiger partial charge in [0.1, 0.15) is 0 Å². The average Bonchev–Trinajstić information content (AvgIpc) is 1.50. The Morgan fingerprint density at radius 1 is 0.279 bits per heavy atom. The van der Waals surface area contributed by atoms with Gasteiger partial charge in [-0.3, -0.25) is 4.79 Å². The summed E-state index contributed by atoms with van der Waals surface area (Å²) in [7, 11) is 0. The number of aryl methyl sites for hydroxylation is 6. The lowest BCUT2D eigenvalue weighted by atomic mass is 9.67. The highest BCUT2D eigenvalue weighted by Gasteiger charge is 2.53. The van der Waals surface area contributed by atoms with E-state index in [0.717, 1.165) is 45.3 Å². The Morgan fingerprint density at radius 2 is 0.532 bits per heavy atom. The van der Waals surface area contributed by atoms with Crippen LogP contribution >= 0.6 is 0 Å². The van der Waals surface area contributed by atoms with E-state index in [0.29, 0.717) is 0 Å². The normalized spacial score (nSPS) is 13.5. The van der Waals surface area contributed by atoms with Crippen LogP contribution in [-0.4, -0.2) is 5.78 Å². The summed E-state index contributed by atoms with van der Waals surface area (Å²) in [5, 5.41) is 0. The Hall–Kier alpha value is -10.1. The van der Waals surface area contributed by atoms with Crippen LogP contribution in [0.15, 0.2) is 267 Å². The van der Waals surface area contributed by atoms with Crippen molar-refractivity contribution in [3.63, 3.8) is 0 Å². The van der Waals surface area contributed by atoms with E-state index in [2.05, 4.69) is 339 Å². The van der Waals surface area contributed by atoms with Crippen LogP contribution in [0, 0.1) is 41.5 Å². The van der Waals surface area contributed by atoms with E-state index in [9.17, 15) is 4.79 Å². The number of rotatable bonds is 23. The molecule has 0 bridgehead atoms. The zero-order valence-electron chi connectivity index (χ0n) is 70.2. The number of carbonyl (C=O) groups is 1. The maximum atomic E-state index is 12.1. The number of hydrogen-bond donors (Lipinski definition) is 0. The molecule has 1 spiro atoms. The number of benzene rings is 12. The molecule has 0 heterocycles. The molecule has 2 aliphatic carbocycles. The molecule has 0 radical (unpaired) electrons. The minimum Gasteiger partial charge on any atom is -0.311 e. The highest BCUT2D eigenvalue weighted by atomic mass is 16.1. The fourth-order valence-electron chi connectivity index (χ4n) is 16.8. The number of carbonyl (C=O) groups excluding carboxylic acids is 1. The maximum Gasteiger partial charge on any atom is 0.193 e. The van der Waals surface area contributed by atoms with Crippen LogP contribution in [-0.2, 0) is 27.1 Å². The third-order valence-electron chi connectivity index (χ3n) is 24.5. The number of anilines is 6. The summed E-state index contributed by atoms with van der Waals surface area (Å²) >= 11 is 0. The molecule has 2 atom stereocenters. The second kappa shape index (κ2) is 34.3. The van der Waals surface area contributed by atoms with E-state index in [1.165, 1.54) is 188 Å². The molecule has 12 aromatic carbocycles. The van der Waals surface area contributed by atoms with Gasteiger partial charge in [0.15, 0.2) is 5.78 Å². The highest BCUT2D eigenvalue weighted by molar-refractivity contribution is 6.09. The Labute approximate surface area is 668 Å². The smallest absolute Gasteiger partial charge is 0.193 e. The predicted molar refractivity (Wildman–Crippen MR) is 479 cm³/mol. The topological polar surface area (TPSA) is 23.6 Å². The number of unbranched alkanes of at least 4 members (excludes halogenated alkanes) is 6. The SMILES string of the molecule is CCCCCCC(C)(CC)c1ccc2c(c1)C1(c3cc(C)ccc3-c3ccc(C)cc31)c1cc(C(C)(CC)CCCCCC)ccc1-2.Cc1ccc(C(=O)c2ccc(C)cc2)cc1.Cc1ccc(N(c2ccc(-c3ccc(N(c4ccc(C)cc4)c4ccc(C(C)(C)C)cc4)cc3)cc2)c2ccc(C(C)(C)C)cc2)cc1. The van der Waals surface area contributed by atoms with Crippen molar-refractivity contribution in [3.05, 3.63) is 356 Å². The van der Waals surface area contributed by atoms with E-state index in [1.54, 1.807) is 0 Å². The summed E-state index contributed by atoms with van der Waals surface area (Å²) in [6.07, 6.45) is 15.4. The molecule has 14 rings (SSSR count). The second-order valence-corrected chi connectivity index (χ2v) is 34.9. The van der Waals surface area contributed by atoms with Crippen LogP contribution in [0.3, 0.4) is 0 Å². The Kier molecular flexibility index (Phi) is 24.8. The van der Waals surface area contributed by atoms with Gasteiger partial charge in [0.05, 0.1) is 5.41 Å². The molecule has 570 valence electrons. The lowest BCUT2D eigenvalue weighted by Gasteiger charge is -2.35. The zero-order valence-corrected chi connectivity index (χ0v) is 70.2. The average molecular weight is 1460 g/mol. The van der Waals surface area contributed by atoms with E-state index in [4.69, 9.17) is 0 Å². The van der Waals surface area contributed by atoms with Crippen molar-refractivity contribution in [1.29, 1.82) is 0 Å². The van der Waals surface area contributed by atoms with Crippen molar-refractivity contribution in [3.8, 4) is 33.4 Å². The van der Waals surface area contributed by atoms with Gasteiger partial charge in [0.2, 0.25) is 0 Å². The molecular formula is C108H122N2O. The van der Waals surface area contributed by atoms with E-state index in [-0.39, 0.29) is 32.9 Å². The number of nitrogens with zero attached hydrogens (tertiary/aromatic N) is 2. The lowest BCUT2D eigenvalue weighted by molar-refractivity contribution is 0.103. The van der Waals surface area contributed by atoms with Crippen LogP contribution in [0.2, 0.25) is 0 Å². The minimum atomic E-state index is -0.298. The van der Waals surface area contributed by atoms with Crippen molar-refractivity contribution in [1.82, 2.24) is 0 Å². The Balaban J connectivity index is 0.000000172.